The molecule has 0 saturated heterocycles. The summed E-state index contributed by atoms with van der Waals surface area (Å²) in [5.41, 5.74) is 0. The second-order valence-corrected chi connectivity index (χ2v) is 7.39. The van der Waals surface area contributed by atoms with Crippen LogP contribution < -0.4 is 10.6 Å². The van der Waals surface area contributed by atoms with E-state index in [2.05, 4.69) is 73.8 Å². The highest BCUT2D eigenvalue weighted by atomic mass is 15.2. The molecule has 0 aliphatic heterocycles. The van der Waals surface area contributed by atoms with Crippen molar-refractivity contribution in [2.24, 2.45) is 0 Å². The van der Waals surface area contributed by atoms with Crippen molar-refractivity contribution in [3.8, 4) is 0 Å². The first kappa shape index (κ1) is 24.8. The maximum atomic E-state index is 3.54. The molecule has 0 aromatic carbocycles. The van der Waals surface area contributed by atoms with E-state index in [9.17, 15) is 0 Å². The first-order valence-corrected chi connectivity index (χ1v) is 10.6. The molecule has 0 unspecified atom stereocenters. The highest BCUT2D eigenvalue weighted by Crippen LogP contribution is 2.01. The highest BCUT2D eigenvalue weighted by Gasteiger charge is 2.13. The maximum absolute atomic E-state index is 3.54. The molecule has 0 fully saturated rings. The van der Waals surface area contributed by atoms with E-state index >= 15 is 0 Å². The van der Waals surface area contributed by atoms with Crippen molar-refractivity contribution in [2.75, 3.05) is 72.0 Å². The van der Waals surface area contributed by atoms with E-state index in [-0.39, 0.29) is 0 Å². The van der Waals surface area contributed by atoms with Gasteiger partial charge in [-0.25, -0.2) is 0 Å². The van der Waals surface area contributed by atoms with Gasteiger partial charge in [0.05, 0.1) is 0 Å². The molecule has 0 amide bonds. The lowest BCUT2D eigenvalue weighted by Gasteiger charge is -2.32. The fraction of sp³-hybridized carbons (Fsp3) is 1.00. The molecule has 0 aromatic rings. The zero-order valence-electron chi connectivity index (χ0n) is 18.3. The summed E-state index contributed by atoms with van der Waals surface area (Å²) < 4.78 is 0. The van der Waals surface area contributed by atoms with Gasteiger partial charge in [0.25, 0.3) is 0 Å². The van der Waals surface area contributed by atoms with Crippen molar-refractivity contribution in [2.45, 2.75) is 60.5 Å². The lowest BCUT2D eigenvalue weighted by molar-refractivity contribution is 0.154. The predicted octanol–water partition coefficient (Wildman–Crippen LogP) is 1.95. The summed E-state index contributed by atoms with van der Waals surface area (Å²) in [6.45, 7) is 28.3. The van der Waals surface area contributed by atoms with Crippen molar-refractivity contribution in [1.82, 2.24) is 25.3 Å². The summed E-state index contributed by atoms with van der Waals surface area (Å²) in [6.07, 6.45) is 0. The number of nitrogens with one attached hydrogen (secondary N) is 2. The summed E-state index contributed by atoms with van der Waals surface area (Å²) in [5.74, 6) is 0. The van der Waals surface area contributed by atoms with Crippen LogP contribution in [0.4, 0.5) is 0 Å². The fourth-order valence-corrected chi connectivity index (χ4v) is 3.08. The van der Waals surface area contributed by atoms with Crippen molar-refractivity contribution >= 4 is 0 Å². The van der Waals surface area contributed by atoms with E-state index in [1.807, 2.05) is 0 Å². The summed E-state index contributed by atoms with van der Waals surface area (Å²) >= 11 is 0. The largest absolute Gasteiger partial charge is 0.316 e. The van der Waals surface area contributed by atoms with Crippen molar-refractivity contribution in [1.29, 1.82) is 0 Å². The molecule has 25 heavy (non-hydrogen) atoms. The Morgan fingerprint density at radius 2 is 1.16 bits per heavy atom. The Hall–Kier alpha value is -0.200. The van der Waals surface area contributed by atoms with Gasteiger partial charge in [-0.3, -0.25) is 9.80 Å². The Balaban J connectivity index is 4.11. The number of nitrogens with zero attached hydrogens (tertiary/aromatic N) is 3. The number of hydrogen-bond acceptors (Lipinski definition) is 5. The van der Waals surface area contributed by atoms with Crippen molar-refractivity contribution in [3.63, 3.8) is 0 Å². The van der Waals surface area contributed by atoms with Crippen LogP contribution in [-0.2, 0) is 0 Å². The third-order valence-electron chi connectivity index (χ3n) is 5.03. The maximum Gasteiger partial charge on any atom is 0.0113 e. The van der Waals surface area contributed by atoms with Gasteiger partial charge in [-0.05, 0) is 47.3 Å². The van der Waals surface area contributed by atoms with Gasteiger partial charge in [-0.15, -0.1) is 0 Å². The van der Waals surface area contributed by atoms with Crippen LogP contribution in [0.1, 0.15) is 48.5 Å². The van der Waals surface area contributed by atoms with Crippen molar-refractivity contribution in [3.05, 3.63) is 0 Å². The molecule has 0 aromatic heterocycles. The van der Waals surface area contributed by atoms with Crippen LogP contribution in [0.5, 0.6) is 0 Å². The Morgan fingerprint density at radius 3 is 1.64 bits per heavy atom. The lowest BCUT2D eigenvalue weighted by Crippen LogP contribution is -2.44. The second-order valence-electron chi connectivity index (χ2n) is 7.39. The monoisotopic (exact) mass is 357 g/mol. The minimum atomic E-state index is 0.608. The fourth-order valence-electron chi connectivity index (χ4n) is 3.08. The molecule has 0 heterocycles. The molecule has 0 bridgehead atoms. The minimum Gasteiger partial charge on any atom is -0.316 e. The summed E-state index contributed by atoms with van der Waals surface area (Å²) in [4.78, 5) is 7.75. The van der Waals surface area contributed by atoms with E-state index < -0.39 is 0 Å². The van der Waals surface area contributed by atoms with E-state index in [1.54, 1.807) is 0 Å². The normalized spacial score (nSPS) is 12.5. The summed E-state index contributed by atoms with van der Waals surface area (Å²) in [7, 11) is 0. The smallest absolute Gasteiger partial charge is 0.0113 e. The zero-order valence-corrected chi connectivity index (χ0v) is 18.3. The van der Waals surface area contributed by atoms with Crippen LogP contribution in [0.15, 0.2) is 0 Å². The quantitative estimate of drug-likeness (QED) is 0.389. The van der Waals surface area contributed by atoms with Gasteiger partial charge in [0.15, 0.2) is 0 Å². The highest BCUT2D eigenvalue weighted by molar-refractivity contribution is 4.69. The number of likely N-dealkylation sites (N-methyl/N-ethyl adjacent to an activating group) is 3. The van der Waals surface area contributed by atoms with Crippen LogP contribution in [0.25, 0.3) is 0 Å². The Labute approximate surface area is 158 Å². The van der Waals surface area contributed by atoms with Crippen LogP contribution in [0.2, 0.25) is 0 Å². The molecular weight excluding hydrogens is 310 g/mol. The molecule has 0 radical (unpaired) electrons. The first-order valence-electron chi connectivity index (χ1n) is 10.6. The molecule has 0 spiro atoms. The predicted molar refractivity (Wildman–Crippen MR) is 113 cm³/mol. The van der Waals surface area contributed by atoms with Crippen LogP contribution in [0.3, 0.4) is 0 Å². The molecule has 5 nitrogen and oxygen atoms in total. The molecule has 5 heteroatoms. The van der Waals surface area contributed by atoms with E-state index in [0.717, 1.165) is 52.4 Å². The molecule has 0 rings (SSSR count). The average Bonchev–Trinajstić information content (AvgIpc) is 2.58. The third-order valence-corrected chi connectivity index (χ3v) is 5.03. The molecule has 0 saturated carbocycles. The second kappa shape index (κ2) is 16.0. The lowest BCUT2D eigenvalue weighted by atomic mass is 10.3. The Bertz CT molecular complexity index is 283. The van der Waals surface area contributed by atoms with Gasteiger partial charge in [0.1, 0.15) is 0 Å². The van der Waals surface area contributed by atoms with Gasteiger partial charge in [0, 0.05) is 64.4 Å². The standard InChI is InChI=1S/C20H47N5/c1-8-21-11-12-22-13-14-25(20(6)7)18-16-23(9-2)15-17-24(10-3)19(4)5/h19-22H,8-18H2,1-7H3. The molecule has 2 N–H and O–H groups in total. The summed E-state index contributed by atoms with van der Waals surface area (Å²) in [6, 6.07) is 1.25. The van der Waals surface area contributed by atoms with Gasteiger partial charge in [-0.2, -0.15) is 0 Å². The molecule has 0 atom stereocenters. The van der Waals surface area contributed by atoms with Gasteiger partial charge in [-0.1, -0.05) is 20.8 Å². The van der Waals surface area contributed by atoms with Crippen LogP contribution in [-0.4, -0.2) is 98.8 Å². The van der Waals surface area contributed by atoms with Crippen molar-refractivity contribution < 1.29 is 0 Å². The average molecular weight is 358 g/mol. The minimum absolute atomic E-state index is 0.608. The van der Waals surface area contributed by atoms with E-state index in [4.69, 9.17) is 0 Å². The topological polar surface area (TPSA) is 33.8 Å². The Morgan fingerprint density at radius 1 is 0.600 bits per heavy atom. The zero-order chi connectivity index (χ0) is 19.1. The molecule has 152 valence electrons. The third kappa shape index (κ3) is 12.7. The van der Waals surface area contributed by atoms with Gasteiger partial charge in [0.2, 0.25) is 0 Å². The SMILES string of the molecule is CCNCCNCCN(CCN(CC)CCN(CC)C(C)C)C(C)C. The molecule has 0 aliphatic rings. The van der Waals surface area contributed by atoms with Gasteiger partial charge >= 0.3 is 0 Å². The molecule has 0 aliphatic carbocycles. The summed E-state index contributed by atoms with van der Waals surface area (Å²) in [5, 5.41) is 6.90. The number of hydrogen-bond donors (Lipinski definition) is 2. The van der Waals surface area contributed by atoms with E-state index in [0.29, 0.717) is 12.1 Å². The van der Waals surface area contributed by atoms with Gasteiger partial charge < -0.3 is 15.5 Å². The molecular formula is C20H47N5. The van der Waals surface area contributed by atoms with E-state index in [1.165, 1.54) is 19.6 Å². The number of rotatable bonds is 17. The first-order chi connectivity index (χ1) is 12.0. The Kier molecular flexibility index (Phi) is 15.9. The van der Waals surface area contributed by atoms with Crippen LogP contribution >= 0.6 is 0 Å². The van der Waals surface area contributed by atoms with Crippen LogP contribution in [0, 0.1) is 0 Å².